The van der Waals surface area contributed by atoms with E-state index in [0.29, 0.717) is 22.6 Å². The van der Waals surface area contributed by atoms with Crippen molar-refractivity contribution < 1.29 is 23.6 Å². The lowest BCUT2D eigenvalue weighted by Crippen LogP contribution is -2.31. The van der Waals surface area contributed by atoms with E-state index in [-0.39, 0.29) is 12.5 Å². The van der Waals surface area contributed by atoms with Crippen molar-refractivity contribution in [2.45, 2.75) is 26.6 Å². The van der Waals surface area contributed by atoms with E-state index < -0.39 is 12.1 Å². The lowest BCUT2D eigenvalue weighted by Gasteiger charge is -2.21. The zero-order valence-electron chi connectivity index (χ0n) is 17.4. The molecule has 156 valence electrons. The molecule has 0 N–H and O–H groups in total. The summed E-state index contributed by atoms with van der Waals surface area (Å²) >= 11 is 0. The Morgan fingerprint density at radius 1 is 1.07 bits per heavy atom. The topological polar surface area (TPSA) is 81.9 Å². The fourth-order valence-electron chi connectivity index (χ4n) is 2.87. The first kappa shape index (κ1) is 21.1. The van der Waals surface area contributed by atoms with Crippen molar-refractivity contribution in [1.82, 2.24) is 10.1 Å². The fraction of sp³-hybridized carbons (Fsp3) is 0.261. The van der Waals surface area contributed by atoms with Gasteiger partial charge in [-0.05, 0) is 32.0 Å². The van der Waals surface area contributed by atoms with E-state index >= 15 is 0 Å². The molecule has 0 spiro atoms. The maximum absolute atomic E-state index is 12.8. The number of rotatable bonds is 7. The molecule has 7 heteroatoms. The van der Waals surface area contributed by atoms with E-state index in [4.69, 9.17) is 14.0 Å². The third-order valence-electron chi connectivity index (χ3n) is 4.63. The van der Waals surface area contributed by atoms with Gasteiger partial charge in [-0.1, -0.05) is 41.6 Å². The van der Waals surface area contributed by atoms with Gasteiger partial charge in [0, 0.05) is 19.7 Å². The van der Waals surface area contributed by atoms with Crippen LogP contribution in [0.25, 0.3) is 0 Å². The minimum atomic E-state index is -1.03. The van der Waals surface area contributed by atoms with Crippen LogP contribution < -0.4 is 4.74 Å². The van der Waals surface area contributed by atoms with Crippen molar-refractivity contribution in [2.24, 2.45) is 0 Å². The largest absolute Gasteiger partial charge is 0.489 e. The number of carbonyl (C=O) groups is 2. The second kappa shape index (κ2) is 9.26. The summed E-state index contributed by atoms with van der Waals surface area (Å²) in [6.07, 6.45) is -1.03. The van der Waals surface area contributed by atoms with Crippen LogP contribution in [-0.4, -0.2) is 36.0 Å². The van der Waals surface area contributed by atoms with Gasteiger partial charge >= 0.3 is 5.97 Å². The van der Waals surface area contributed by atoms with Crippen LogP contribution in [0.15, 0.2) is 59.1 Å². The quantitative estimate of drug-likeness (QED) is 0.552. The smallest absolute Gasteiger partial charge is 0.339 e. The number of amides is 1. The average molecular weight is 408 g/mol. The first-order valence-electron chi connectivity index (χ1n) is 9.48. The van der Waals surface area contributed by atoms with Crippen molar-refractivity contribution in [3.8, 4) is 5.75 Å². The predicted molar refractivity (Wildman–Crippen MR) is 110 cm³/mol. The Labute approximate surface area is 175 Å². The van der Waals surface area contributed by atoms with Crippen molar-refractivity contribution in [1.29, 1.82) is 0 Å². The van der Waals surface area contributed by atoms with E-state index in [9.17, 15) is 9.59 Å². The average Bonchev–Trinajstić information content (AvgIpc) is 3.08. The number of benzene rings is 2. The number of carbonyl (C=O) groups excluding carboxylic acids is 2. The molecule has 0 fully saturated rings. The van der Waals surface area contributed by atoms with Crippen LogP contribution in [0.2, 0.25) is 0 Å². The molecule has 2 aromatic carbocycles. The van der Waals surface area contributed by atoms with Gasteiger partial charge in [-0.2, -0.15) is 0 Å². The third kappa shape index (κ3) is 4.86. The molecule has 0 radical (unpaired) electrons. The van der Waals surface area contributed by atoms with Gasteiger partial charge < -0.3 is 18.9 Å². The van der Waals surface area contributed by atoms with Crippen LogP contribution in [0.3, 0.4) is 0 Å². The number of ether oxygens (including phenoxy) is 2. The molecule has 0 saturated carbocycles. The molecule has 3 aromatic rings. The van der Waals surface area contributed by atoms with Crippen LogP contribution in [-0.2, 0) is 16.1 Å². The third-order valence-corrected chi connectivity index (χ3v) is 4.63. The highest BCUT2D eigenvalue weighted by molar-refractivity contribution is 5.93. The van der Waals surface area contributed by atoms with Gasteiger partial charge in [0.2, 0.25) is 6.10 Å². The van der Waals surface area contributed by atoms with Gasteiger partial charge in [0.1, 0.15) is 18.1 Å². The first-order chi connectivity index (χ1) is 14.4. The lowest BCUT2D eigenvalue weighted by atomic mass is 10.1. The second-order valence-electron chi connectivity index (χ2n) is 7.05. The van der Waals surface area contributed by atoms with Crippen LogP contribution in [0.5, 0.6) is 5.75 Å². The van der Waals surface area contributed by atoms with Crippen molar-refractivity contribution >= 4 is 11.9 Å². The molecule has 3 rings (SSSR count). The molecule has 0 unspecified atom stereocenters. The standard InChI is InChI=1S/C23H24N2O5/c1-15-20(16(2)30-24-15)14-28-19-12-8-11-18(13-19)23(27)29-21(22(26)25(3)4)17-9-6-5-7-10-17/h5-13,21H,14H2,1-4H3/t21-/m1/s1. The second-order valence-corrected chi connectivity index (χ2v) is 7.05. The van der Waals surface area contributed by atoms with E-state index in [1.165, 1.54) is 4.90 Å². The molecular formula is C23H24N2O5. The SMILES string of the molecule is Cc1noc(C)c1COc1cccc(C(=O)O[C@@H](C(=O)N(C)C)c2ccccc2)c1. The van der Waals surface area contributed by atoms with E-state index in [0.717, 1.165) is 11.3 Å². The van der Waals surface area contributed by atoms with Gasteiger partial charge in [0.05, 0.1) is 16.8 Å². The van der Waals surface area contributed by atoms with Gasteiger partial charge in [-0.15, -0.1) is 0 Å². The highest BCUT2D eigenvalue weighted by atomic mass is 16.5. The number of hydrogen-bond acceptors (Lipinski definition) is 6. The van der Waals surface area contributed by atoms with Gasteiger partial charge in [0.15, 0.2) is 0 Å². The normalized spacial score (nSPS) is 11.6. The minimum Gasteiger partial charge on any atom is -0.489 e. The summed E-state index contributed by atoms with van der Waals surface area (Å²) in [4.78, 5) is 26.8. The number of aromatic nitrogens is 1. The fourth-order valence-corrected chi connectivity index (χ4v) is 2.87. The molecular weight excluding hydrogens is 384 g/mol. The first-order valence-corrected chi connectivity index (χ1v) is 9.48. The molecule has 0 aliphatic rings. The summed E-state index contributed by atoms with van der Waals surface area (Å²) in [5.74, 6) is 0.262. The molecule has 0 aliphatic carbocycles. The summed E-state index contributed by atoms with van der Waals surface area (Å²) in [5.41, 5.74) is 2.52. The van der Waals surface area contributed by atoms with Crippen molar-refractivity contribution in [2.75, 3.05) is 14.1 Å². The summed E-state index contributed by atoms with van der Waals surface area (Å²) in [6, 6.07) is 15.6. The number of hydrogen-bond donors (Lipinski definition) is 0. The van der Waals surface area contributed by atoms with Gasteiger partial charge in [-0.3, -0.25) is 4.79 Å². The highest BCUT2D eigenvalue weighted by Gasteiger charge is 2.27. The van der Waals surface area contributed by atoms with Crippen LogP contribution in [0.1, 0.15) is 39.0 Å². The molecule has 0 aliphatic heterocycles. The van der Waals surface area contributed by atoms with Crippen molar-refractivity contribution in [3.63, 3.8) is 0 Å². The Balaban J connectivity index is 1.75. The molecule has 1 aromatic heterocycles. The van der Waals surface area contributed by atoms with E-state index in [1.54, 1.807) is 62.6 Å². The zero-order valence-corrected chi connectivity index (χ0v) is 17.4. The number of aryl methyl sites for hydroxylation is 2. The lowest BCUT2D eigenvalue weighted by molar-refractivity contribution is -0.138. The Bertz CT molecular complexity index is 1010. The Kier molecular flexibility index (Phi) is 6.51. The van der Waals surface area contributed by atoms with E-state index in [2.05, 4.69) is 5.16 Å². The molecule has 0 saturated heterocycles. The molecule has 1 heterocycles. The van der Waals surface area contributed by atoms with Crippen LogP contribution in [0, 0.1) is 13.8 Å². The Morgan fingerprint density at radius 2 is 1.80 bits per heavy atom. The maximum atomic E-state index is 12.8. The van der Waals surface area contributed by atoms with E-state index in [1.807, 2.05) is 19.9 Å². The summed E-state index contributed by atoms with van der Waals surface area (Å²) < 4.78 is 16.5. The van der Waals surface area contributed by atoms with Gasteiger partial charge in [-0.25, -0.2) is 4.79 Å². The Morgan fingerprint density at radius 3 is 2.43 bits per heavy atom. The minimum absolute atomic E-state index is 0.269. The predicted octanol–water partition coefficient (Wildman–Crippen LogP) is 3.86. The van der Waals surface area contributed by atoms with Gasteiger partial charge in [0.25, 0.3) is 5.91 Å². The monoisotopic (exact) mass is 408 g/mol. The summed E-state index contributed by atoms with van der Waals surface area (Å²) in [7, 11) is 3.24. The number of esters is 1. The molecule has 1 amide bonds. The maximum Gasteiger partial charge on any atom is 0.339 e. The summed E-state index contributed by atoms with van der Waals surface area (Å²) in [5, 5.41) is 3.90. The highest BCUT2D eigenvalue weighted by Crippen LogP contribution is 2.23. The van der Waals surface area contributed by atoms with Crippen LogP contribution >= 0.6 is 0 Å². The summed E-state index contributed by atoms with van der Waals surface area (Å²) in [6.45, 7) is 3.93. The molecule has 7 nitrogen and oxygen atoms in total. The molecule has 0 bridgehead atoms. The number of likely N-dealkylation sites (N-methyl/N-ethyl adjacent to an activating group) is 1. The number of nitrogens with zero attached hydrogens (tertiary/aromatic N) is 2. The Hall–Kier alpha value is -3.61. The molecule has 30 heavy (non-hydrogen) atoms. The van der Waals surface area contributed by atoms with Crippen molar-refractivity contribution in [3.05, 3.63) is 82.7 Å². The van der Waals surface area contributed by atoms with Crippen LogP contribution in [0.4, 0.5) is 0 Å². The zero-order chi connectivity index (χ0) is 21.7. The molecule has 1 atom stereocenters.